The number of anilines is 2. The van der Waals surface area contributed by atoms with Crippen molar-refractivity contribution in [1.29, 1.82) is 0 Å². The van der Waals surface area contributed by atoms with Crippen LogP contribution in [0.3, 0.4) is 0 Å². The summed E-state index contributed by atoms with van der Waals surface area (Å²) in [7, 11) is 3.83. The zero-order chi connectivity index (χ0) is 13.0. The average molecular weight is 256 g/mol. The lowest BCUT2D eigenvalue weighted by molar-refractivity contribution is -0.119. The lowest BCUT2D eigenvalue weighted by Gasteiger charge is -2.16. The minimum Gasteiger partial charge on any atom is -0.376 e. The van der Waals surface area contributed by atoms with E-state index in [4.69, 9.17) is 17.3 Å². The molecule has 0 aliphatic heterocycles. The van der Waals surface area contributed by atoms with Crippen molar-refractivity contribution in [2.45, 2.75) is 6.92 Å². The molecule has 0 aliphatic rings. The van der Waals surface area contributed by atoms with E-state index in [1.165, 1.54) is 0 Å². The Morgan fingerprint density at radius 2 is 2.18 bits per heavy atom. The highest BCUT2D eigenvalue weighted by atomic mass is 35.5. The maximum absolute atomic E-state index is 11.6. The molecule has 0 bridgehead atoms. The molecular formula is C12H18ClN3O. The van der Waals surface area contributed by atoms with Gasteiger partial charge in [0.1, 0.15) is 0 Å². The number of carbonyl (C=O) groups is 1. The third-order valence-corrected chi connectivity index (χ3v) is 2.80. The van der Waals surface area contributed by atoms with E-state index in [0.29, 0.717) is 17.3 Å². The lowest BCUT2D eigenvalue weighted by Crippen LogP contribution is -2.26. The van der Waals surface area contributed by atoms with Gasteiger partial charge in [-0.25, -0.2) is 0 Å². The third-order valence-electron chi connectivity index (χ3n) is 2.50. The topological polar surface area (TPSA) is 58.4 Å². The summed E-state index contributed by atoms with van der Waals surface area (Å²) in [5, 5.41) is 3.38. The third kappa shape index (κ3) is 3.61. The van der Waals surface area contributed by atoms with Crippen LogP contribution in [-0.4, -0.2) is 26.5 Å². The lowest BCUT2D eigenvalue weighted by atomic mass is 10.1. The Balaban J connectivity index is 2.81. The van der Waals surface area contributed by atoms with Gasteiger partial charge >= 0.3 is 0 Å². The molecule has 1 amide bonds. The molecule has 0 radical (unpaired) electrons. The van der Waals surface area contributed by atoms with Crippen molar-refractivity contribution < 1.29 is 4.79 Å². The molecule has 0 saturated carbocycles. The van der Waals surface area contributed by atoms with Gasteiger partial charge in [-0.05, 0) is 18.2 Å². The first-order valence-corrected chi connectivity index (χ1v) is 5.81. The predicted molar refractivity (Wildman–Crippen MR) is 72.6 cm³/mol. The maximum atomic E-state index is 11.6. The van der Waals surface area contributed by atoms with Crippen LogP contribution in [0.2, 0.25) is 5.02 Å². The van der Waals surface area contributed by atoms with Gasteiger partial charge in [0.25, 0.3) is 0 Å². The molecule has 1 atom stereocenters. The average Bonchev–Trinajstić information content (AvgIpc) is 2.27. The number of nitrogens with one attached hydrogen (secondary N) is 1. The number of hydrogen-bond donors (Lipinski definition) is 2. The van der Waals surface area contributed by atoms with Crippen molar-refractivity contribution in [3.8, 4) is 0 Å². The van der Waals surface area contributed by atoms with Crippen LogP contribution in [0.4, 0.5) is 11.4 Å². The first kappa shape index (κ1) is 13.8. The van der Waals surface area contributed by atoms with Crippen LogP contribution >= 0.6 is 11.6 Å². The van der Waals surface area contributed by atoms with Gasteiger partial charge in [0.05, 0.1) is 10.7 Å². The second-order valence-electron chi connectivity index (χ2n) is 4.19. The van der Waals surface area contributed by atoms with Crippen molar-refractivity contribution in [2.24, 2.45) is 11.7 Å². The summed E-state index contributed by atoms with van der Waals surface area (Å²) < 4.78 is 0. The van der Waals surface area contributed by atoms with Gasteiger partial charge in [0, 0.05) is 32.2 Å². The van der Waals surface area contributed by atoms with Crippen molar-refractivity contribution >= 4 is 28.9 Å². The van der Waals surface area contributed by atoms with Crippen LogP contribution in [-0.2, 0) is 4.79 Å². The Hall–Kier alpha value is -1.26. The number of halogens is 1. The fourth-order valence-electron chi connectivity index (χ4n) is 1.32. The van der Waals surface area contributed by atoms with Crippen molar-refractivity contribution in [1.82, 2.24) is 0 Å². The monoisotopic (exact) mass is 255 g/mol. The molecule has 1 aromatic rings. The Morgan fingerprint density at radius 3 is 2.65 bits per heavy atom. The maximum Gasteiger partial charge on any atom is 0.228 e. The zero-order valence-electron chi connectivity index (χ0n) is 10.3. The fourth-order valence-corrected chi connectivity index (χ4v) is 1.67. The number of rotatable bonds is 4. The molecule has 0 aromatic heterocycles. The van der Waals surface area contributed by atoms with Gasteiger partial charge in [-0.3, -0.25) is 4.79 Å². The van der Waals surface area contributed by atoms with Gasteiger partial charge in [0.2, 0.25) is 5.91 Å². The van der Waals surface area contributed by atoms with Gasteiger partial charge in [-0.1, -0.05) is 18.5 Å². The Bertz CT molecular complexity index is 407. The van der Waals surface area contributed by atoms with E-state index in [0.717, 1.165) is 5.69 Å². The van der Waals surface area contributed by atoms with Crippen molar-refractivity contribution in [2.75, 3.05) is 30.9 Å². The zero-order valence-corrected chi connectivity index (χ0v) is 11.1. The SMILES string of the molecule is CC(CN)C(=O)Nc1ccc(N(C)C)c(Cl)c1. The van der Waals surface area contributed by atoms with Crippen LogP contribution in [0.15, 0.2) is 18.2 Å². The second-order valence-corrected chi connectivity index (χ2v) is 4.59. The van der Waals surface area contributed by atoms with Gasteiger partial charge in [0.15, 0.2) is 0 Å². The molecule has 1 rings (SSSR count). The summed E-state index contributed by atoms with van der Waals surface area (Å²) in [6.07, 6.45) is 0. The summed E-state index contributed by atoms with van der Waals surface area (Å²) >= 11 is 6.10. The smallest absolute Gasteiger partial charge is 0.228 e. The van der Waals surface area contributed by atoms with Crippen LogP contribution in [0, 0.1) is 5.92 Å². The summed E-state index contributed by atoms with van der Waals surface area (Å²) in [6.45, 7) is 2.11. The molecule has 0 saturated heterocycles. The molecule has 0 aliphatic carbocycles. The van der Waals surface area contributed by atoms with E-state index in [-0.39, 0.29) is 11.8 Å². The Morgan fingerprint density at radius 1 is 1.53 bits per heavy atom. The Kier molecular flexibility index (Phi) is 4.78. The first-order valence-electron chi connectivity index (χ1n) is 5.43. The van der Waals surface area contributed by atoms with Crippen LogP contribution in [0.1, 0.15) is 6.92 Å². The summed E-state index contributed by atoms with van der Waals surface area (Å²) in [5.41, 5.74) is 7.03. The number of hydrogen-bond acceptors (Lipinski definition) is 3. The van der Waals surface area contributed by atoms with Gasteiger partial charge < -0.3 is 16.0 Å². The van der Waals surface area contributed by atoms with E-state index in [2.05, 4.69) is 5.32 Å². The van der Waals surface area contributed by atoms with E-state index in [1.807, 2.05) is 31.1 Å². The molecule has 3 N–H and O–H groups in total. The molecule has 0 fully saturated rings. The van der Waals surface area contributed by atoms with E-state index in [1.54, 1.807) is 13.0 Å². The molecule has 5 heteroatoms. The highest BCUT2D eigenvalue weighted by molar-refractivity contribution is 6.33. The predicted octanol–water partition coefficient (Wildman–Crippen LogP) is 1.94. The molecule has 4 nitrogen and oxygen atoms in total. The fraction of sp³-hybridized carbons (Fsp3) is 0.417. The number of nitrogens with two attached hydrogens (primary N) is 1. The molecular weight excluding hydrogens is 238 g/mol. The number of nitrogens with zero attached hydrogens (tertiary/aromatic N) is 1. The summed E-state index contributed by atoms with van der Waals surface area (Å²) in [4.78, 5) is 13.5. The van der Waals surface area contributed by atoms with E-state index >= 15 is 0 Å². The minimum absolute atomic E-state index is 0.0961. The number of carbonyl (C=O) groups excluding carboxylic acids is 1. The largest absolute Gasteiger partial charge is 0.376 e. The second kappa shape index (κ2) is 5.89. The standard InChI is InChI=1S/C12H18ClN3O/c1-8(7-14)12(17)15-9-4-5-11(16(2)3)10(13)6-9/h4-6,8H,7,14H2,1-3H3,(H,15,17). The molecule has 94 valence electrons. The normalized spacial score (nSPS) is 12.1. The van der Waals surface area contributed by atoms with Crippen molar-refractivity contribution in [3.05, 3.63) is 23.2 Å². The molecule has 1 unspecified atom stereocenters. The molecule has 1 aromatic carbocycles. The van der Waals surface area contributed by atoms with Gasteiger partial charge in [-0.15, -0.1) is 0 Å². The van der Waals surface area contributed by atoms with E-state index in [9.17, 15) is 4.79 Å². The summed E-state index contributed by atoms with van der Waals surface area (Å²) in [6, 6.07) is 5.42. The molecule has 0 heterocycles. The highest BCUT2D eigenvalue weighted by Gasteiger charge is 2.11. The van der Waals surface area contributed by atoms with Crippen LogP contribution < -0.4 is 16.0 Å². The first-order chi connectivity index (χ1) is 7.95. The molecule has 0 spiro atoms. The van der Waals surface area contributed by atoms with Crippen LogP contribution in [0.5, 0.6) is 0 Å². The number of benzene rings is 1. The van der Waals surface area contributed by atoms with Gasteiger partial charge in [-0.2, -0.15) is 0 Å². The minimum atomic E-state index is -0.206. The number of amides is 1. The molecule has 17 heavy (non-hydrogen) atoms. The van der Waals surface area contributed by atoms with Crippen LogP contribution in [0.25, 0.3) is 0 Å². The van der Waals surface area contributed by atoms with E-state index < -0.39 is 0 Å². The highest BCUT2D eigenvalue weighted by Crippen LogP contribution is 2.27. The van der Waals surface area contributed by atoms with Crippen molar-refractivity contribution in [3.63, 3.8) is 0 Å². The Labute approximate surface area is 107 Å². The summed E-state index contributed by atoms with van der Waals surface area (Å²) in [5.74, 6) is -0.302. The quantitative estimate of drug-likeness (QED) is 0.865.